The summed E-state index contributed by atoms with van der Waals surface area (Å²) in [6, 6.07) is 9.01. The maximum atomic E-state index is 5.56. The van der Waals surface area contributed by atoms with Crippen molar-refractivity contribution < 1.29 is 0 Å². The van der Waals surface area contributed by atoms with Crippen molar-refractivity contribution in [2.24, 2.45) is 17.8 Å². The highest BCUT2D eigenvalue weighted by molar-refractivity contribution is 7.80. The predicted octanol–water partition coefficient (Wildman–Crippen LogP) is 3.48. The van der Waals surface area contributed by atoms with Crippen LogP contribution in [0.4, 0.5) is 11.4 Å². The third kappa shape index (κ3) is 5.45. The summed E-state index contributed by atoms with van der Waals surface area (Å²) in [5.41, 5.74) is 2.23. The predicted molar refractivity (Wildman–Crippen MR) is 131 cm³/mol. The van der Waals surface area contributed by atoms with Crippen LogP contribution in [0, 0.1) is 17.8 Å². The molecule has 1 unspecified atom stereocenters. The summed E-state index contributed by atoms with van der Waals surface area (Å²) in [6.45, 7) is 9.83. The van der Waals surface area contributed by atoms with Crippen molar-refractivity contribution in [3.05, 3.63) is 24.3 Å². The van der Waals surface area contributed by atoms with Gasteiger partial charge in [-0.3, -0.25) is 4.90 Å². The quantitative estimate of drug-likeness (QED) is 0.674. The standard InChI is InChI=1S/C24H39N5S/c1-18-8-11-28(12-9-18)16-20-17-29-13-10-19(20)14-23(29)15-25-24(30)26-21-4-6-22(7-5-21)27(2)3/h4-7,18-20,23H,8-17H2,1-3H3,(H2,25,26,30)/t19-,20-,23+/m0/s1. The van der Waals surface area contributed by atoms with E-state index in [-0.39, 0.29) is 0 Å². The minimum absolute atomic E-state index is 0.622. The van der Waals surface area contributed by atoms with Gasteiger partial charge in [0, 0.05) is 51.1 Å². The van der Waals surface area contributed by atoms with Crippen LogP contribution in [0.5, 0.6) is 0 Å². The molecule has 5 rings (SSSR count). The fourth-order valence-corrected chi connectivity index (χ4v) is 5.67. The van der Waals surface area contributed by atoms with Crippen LogP contribution >= 0.6 is 12.2 Å². The van der Waals surface area contributed by atoms with Gasteiger partial charge in [-0.15, -0.1) is 0 Å². The van der Waals surface area contributed by atoms with Gasteiger partial charge in [0.1, 0.15) is 0 Å². The van der Waals surface area contributed by atoms with Crippen molar-refractivity contribution in [3.8, 4) is 0 Å². The fourth-order valence-electron chi connectivity index (χ4n) is 5.47. The van der Waals surface area contributed by atoms with E-state index >= 15 is 0 Å². The van der Waals surface area contributed by atoms with E-state index in [2.05, 4.69) is 70.6 Å². The van der Waals surface area contributed by atoms with Crippen LogP contribution in [0.25, 0.3) is 0 Å². The molecule has 4 aliphatic rings. The van der Waals surface area contributed by atoms with Gasteiger partial charge >= 0.3 is 0 Å². The second-order valence-electron chi connectivity index (χ2n) is 9.95. The third-order valence-corrected chi connectivity index (χ3v) is 7.77. The molecule has 0 aliphatic carbocycles. The Morgan fingerprint density at radius 1 is 1.10 bits per heavy atom. The molecule has 6 heteroatoms. The third-order valence-electron chi connectivity index (χ3n) is 7.52. The van der Waals surface area contributed by atoms with E-state index in [1.165, 1.54) is 64.1 Å². The highest BCUT2D eigenvalue weighted by atomic mass is 32.1. The molecule has 4 atom stereocenters. The van der Waals surface area contributed by atoms with Gasteiger partial charge in [-0.1, -0.05) is 6.92 Å². The summed E-state index contributed by atoms with van der Waals surface area (Å²) in [4.78, 5) is 7.56. The van der Waals surface area contributed by atoms with Crippen molar-refractivity contribution in [2.45, 2.75) is 38.6 Å². The second-order valence-corrected chi connectivity index (χ2v) is 10.4. The zero-order valence-electron chi connectivity index (χ0n) is 18.9. The first kappa shape index (κ1) is 21.8. The molecule has 0 amide bonds. The first-order valence-corrected chi connectivity index (χ1v) is 12.2. The highest BCUT2D eigenvalue weighted by Crippen LogP contribution is 2.37. The van der Waals surface area contributed by atoms with Gasteiger partial charge in [0.2, 0.25) is 0 Å². The van der Waals surface area contributed by atoms with Crippen molar-refractivity contribution in [3.63, 3.8) is 0 Å². The molecule has 0 saturated carbocycles. The minimum atomic E-state index is 0.622. The number of benzene rings is 1. The second kappa shape index (κ2) is 9.84. The molecule has 0 radical (unpaired) electrons. The summed E-state index contributed by atoms with van der Waals surface area (Å²) in [7, 11) is 4.11. The number of fused-ring (bicyclic) bond motifs is 3. The molecule has 5 nitrogen and oxygen atoms in total. The van der Waals surface area contributed by atoms with Gasteiger partial charge in [0.15, 0.2) is 5.11 Å². The lowest BCUT2D eigenvalue weighted by molar-refractivity contribution is -0.0138. The maximum absolute atomic E-state index is 5.56. The van der Waals surface area contributed by atoms with Crippen LogP contribution in [0.2, 0.25) is 0 Å². The SMILES string of the molecule is CC1CCN(C[C@H]2CN3CC[C@H]2C[C@@H]3CNC(=S)Nc2ccc(N(C)C)cc2)CC1. The lowest BCUT2D eigenvalue weighted by Crippen LogP contribution is -2.58. The minimum Gasteiger partial charge on any atom is -0.378 e. The molecule has 0 spiro atoms. The van der Waals surface area contributed by atoms with Gasteiger partial charge in [-0.05, 0) is 99.6 Å². The Balaban J connectivity index is 1.21. The largest absolute Gasteiger partial charge is 0.378 e. The summed E-state index contributed by atoms with van der Waals surface area (Å²) in [5, 5.41) is 7.55. The van der Waals surface area contributed by atoms with Crippen molar-refractivity contribution >= 4 is 28.7 Å². The van der Waals surface area contributed by atoms with Gasteiger partial charge in [-0.2, -0.15) is 0 Å². The first-order valence-electron chi connectivity index (χ1n) is 11.8. The monoisotopic (exact) mass is 429 g/mol. The molecule has 4 heterocycles. The molecular weight excluding hydrogens is 390 g/mol. The van der Waals surface area contributed by atoms with Crippen LogP contribution in [-0.2, 0) is 0 Å². The van der Waals surface area contributed by atoms with Crippen LogP contribution < -0.4 is 15.5 Å². The number of nitrogens with zero attached hydrogens (tertiary/aromatic N) is 3. The van der Waals surface area contributed by atoms with Crippen LogP contribution in [0.1, 0.15) is 32.6 Å². The smallest absolute Gasteiger partial charge is 0.170 e. The average molecular weight is 430 g/mol. The normalized spacial score (nSPS) is 29.6. The molecule has 4 fully saturated rings. The summed E-state index contributed by atoms with van der Waals surface area (Å²) >= 11 is 5.56. The van der Waals surface area contributed by atoms with E-state index in [9.17, 15) is 0 Å². The Bertz CT molecular complexity index is 698. The molecule has 1 aromatic rings. The van der Waals surface area contributed by atoms with E-state index in [1.54, 1.807) is 0 Å². The molecule has 4 saturated heterocycles. The number of hydrogen-bond acceptors (Lipinski definition) is 4. The van der Waals surface area contributed by atoms with Crippen molar-refractivity contribution in [1.82, 2.24) is 15.1 Å². The van der Waals surface area contributed by atoms with E-state index in [1.807, 2.05) is 0 Å². The molecule has 30 heavy (non-hydrogen) atoms. The van der Waals surface area contributed by atoms with Gasteiger partial charge < -0.3 is 20.4 Å². The molecule has 1 aromatic carbocycles. The number of piperidine rings is 4. The highest BCUT2D eigenvalue weighted by Gasteiger charge is 2.40. The molecule has 2 N–H and O–H groups in total. The summed E-state index contributed by atoms with van der Waals surface area (Å²) < 4.78 is 0. The Hall–Kier alpha value is -1.37. The molecule has 2 bridgehead atoms. The van der Waals surface area contributed by atoms with Crippen molar-refractivity contribution in [2.75, 3.05) is 63.6 Å². The number of hydrogen-bond donors (Lipinski definition) is 2. The molecular formula is C24H39N5S. The lowest BCUT2D eigenvalue weighted by Gasteiger charge is -2.51. The van der Waals surface area contributed by atoms with E-state index in [0.717, 1.165) is 35.1 Å². The number of thiocarbonyl (C=S) groups is 1. The zero-order valence-corrected chi connectivity index (χ0v) is 19.8. The Morgan fingerprint density at radius 3 is 2.47 bits per heavy atom. The van der Waals surface area contributed by atoms with Crippen LogP contribution in [-0.4, -0.2) is 74.3 Å². The first-order chi connectivity index (χ1) is 14.5. The average Bonchev–Trinajstić information content (AvgIpc) is 2.75. The summed E-state index contributed by atoms with van der Waals surface area (Å²) in [6.07, 6.45) is 5.47. The number of rotatable bonds is 6. The zero-order chi connectivity index (χ0) is 21.1. The topological polar surface area (TPSA) is 33.8 Å². The number of nitrogens with one attached hydrogen (secondary N) is 2. The van der Waals surface area contributed by atoms with E-state index in [0.29, 0.717) is 6.04 Å². The Labute approximate surface area is 188 Å². The Morgan fingerprint density at radius 2 is 1.83 bits per heavy atom. The number of likely N-dealkylation sites (tertiary alicyclic amines) is 1. The lowest BCUT2D eigenvalue weighted by atomic mass is 9.75. The molecule has 166 valence electrons. The molecule has 0 aromatic heterocycles. The van der Waals surface area contributed by atoms with Gasteiger partial charge in [0.25, 0.3) is 0 Å². The van der Waals surface area contributed by atoms with Crippen LogP contribution in [0.3, 0.4) is 0 Å². The summed E-state index contributed by atoms with van der Waals surface area (Å²) in [5.74, 6) is 2.68. The van der Waals surface area contributed by atoms with Gasteiger partial charge in [-0.25, -0.2) is 0 Å². The van der Waals surface area contributed by atoms with E-state index < -0.39 is 0 Å². The van der Waals surface area contributed by atoms with Gasteiger partial charge in [0.05, 0.1) is 0 Å². The maximum Gasteiger partial charge on any atom is 0.170 e. The van der Waals surface area contributed by atoms with E-state index in [4.69, 9.17) is 12.2 Å². The number of anilines is 2. The van der Waals surface area contributed by atoms with Crippen molar-refractivity contribution in [1.29, 1.82) is 0 Å². The molecule has 4 aliphatic heterocycles. The van der Waals surface area contributed by atoms with Crippen LogP contribution in [0.15, 0.2) is 24.3 Å². The fraction of sp³-hybridized carbons (Fsp3) is 0.708. The Kier molecular flexibility index (Phi) is 7.16.